The van der Waals surface area contributed by atoms with Crippen molar-refractivity contribution in [3.8, 4) is 0 Å². The average molecular weight is 425 g/mol. The number of hydrogen-bond donors (Lipinski definition) is 1. The molecule has 0 saturated carbocycles. The molecule has 8 heteroatoms. The number of carbonyl (C=O) groups is 3. The van der Waals surface area contributed by atoms with Crippen molar-refractivity contribution >= 4 is 17.8 Å². The second-order valence-corrected chi connectivity index (χ2v) is 8.02. The van der Waals surface area contributed by atoms with Crippen LogP contribution in [0.15, 0.2) is 30.3 Å². The van der Waals surface area contributed by atoms with Crippen molar-refractivity contribution in [1.82, 2.24) is 20.0 Å². The van der Waals surface area contributed by atoms with Crippen LogP contribution in [0.25, 0.3) is 0 Å². The van der Waals surface area contributed by atoms with Crippen molar-refractivity contribution in [1.29, 1.82) is 0 Å². The number of hydrogen-bond acceptors (Lipinski definition) is 5. The van der Waals surface area contributed by atoms with Gasteiger partial charge in [0.1, 0.15) is 0 Å². The van der Waals surface area contributed by atoms with Gasteiger partial charge in [0, 0.05) is 50.3 Å². The van der Waals surface area contributed by atoms with E-state index in [0.717, 1.165) is 24.1 Å². The molecular weight excluding hydrogens is 396 g/mol. The Morgan fingerprint density at radius 3 is 2.77 bits per heavy atom. The van der Waals surface area contributed by atoms with Crippen LogP contribution in [0.4, 0.5) is 0 Å². The molecule has 1 unspecified atom stereocenters. The van der Waals surface area contributed by atoms with E-state index >= 15 is 0 Å². The van der Waals surface area contributed by atoms with Gasteiger partial charge in [-0.1, -0.05) is 30.3 Å². The Morgan fingerprint density at radius 2 is 2.06 bits per heavy atom. The molecule has 164 valence electrons. The first-order valence-electron chi connectivity index (χ1n) is 10.9. The quantitative estimate of drug-likeness (QED) is 0.683. The zero-order valence-electron chi connectivity index (χ0n) is 17.8. The number of amides is 2. The number of aryl methyl sites for hydroxylation is 2. The lowest BCUT2D eigenvalue weighted by Crippen LogP contribution is -2.41. The third-order valence-corrected chi connectivity index (χ3v) is 5.92. The first-order valence-corrected chi connectivity index (χ1v) is 10.9. The Labute approximate surface area is 181 Å². The molecule has 0 bridgehead atoms. The number of benzene rings is 1. The van der Waals surface area contributed by atoms with E-state index in [4.69, 9.17) is 4.74 Å². The van der Waals surface area contributed by atoms with Crippen molar-refractivity contribution < 1.29 is 19.1 Å². The number of ether oxygens (including phenoxy) is 1. The molecule has 2 aliphatic heterocycles. The van der Waals surface area contributed by atoms with E-state index < -0.39 is 5.97 Å². The number of rotatable bonds is 7. The Kier molecular flexibility index (Phi) is 6.34. The van der Waals surface area contributed by atoms with E-state index in [0.29, 0.717) is 38.3 Å². The molecule has 1 aromatic heterocycles. The number of esters is 1. The number of carbonyl (C=O) groups excluding carboxylic acids is 3. The van der Waals surface area contributed by atoms with Crippen molar-refractivity contribution in [2.75, 3.05) is 19.7 Å². The van der Waals surface area contributed by atoms with Gasteiger partial charge in [-0.2, -0.15) is 5.10 Å². The molecule has 2 aliphatic rings. The summed E-state index contributed by atoms with van der Waals surface area (Å²) >= 11 is 0. The zero-order valence-corrected chi connectivity index (χ0v) is 17.8. The summed E-state index contributed by atoms with van der Waals surface area (Å²) < 4.78 is 7.13. The van der Waals surface area contributed by atoms with E-state index in [1.54, 1.807) is 11.8 Å². The standard InChI is InChI=1S/C23H28N4O4/c1-2-31-23(30)21-18-15-26(22(29)17-13-20(28)24-14-17)12-10-19(18)27(25-21)11-6-9-16-7-4-3-5-8-16/h3-5,7-8,17H,2,6,9-15H2,1H3,(H,24,28). The summed E-state index contributed by atoms with van der Waals surface area (Å²) in [6.45, 7) is 4.00. The lowest BCUT2D eigenvalue weighted by Gasteiger charge is -2.29. The fourth-order valence-electron chi connectivity index (χ4n) is 4.34. The fraction of sp³-hybridized carbons (Fsp3) is 0.478. The summed E-state index contributed by atoms with van der Waals surface area (Å²) in [6.07, 6.45) is 2.69. The van der Waals surface area contributed by atoms with Crippen LogP contribution in [-0.4, -0.2) is 52.2 Å². The van der Waals surface area contributed by atoms with Crippen molar-refractivity contribution in [2.45, 2.75) is 45.7 Å². The molecule has 3 heterocycles. The molecular formula is C23H28N4O4. The van der Waals surface area contributed by atoms with Gasteiger partial charge in [-0.25, -0.2) is 4.79 Å². The lowest BCUT2D eigenvalue weighted by molar-refractivity contribution is -0.136. The molecule has 0 radical (unpaired) electrons. The predicted molar refractivity (Wildman–Crippen MR) is 113 cm³/mol. The minimum atomic E-state index is -0.451. The number of aromatic nitrogens is 2. The van der Waals surface area contributed by atoms with E-state index in [1.165, 1.54) is 5.56 Å². The first kappa shape index (κ1) is 21.1. The maximum Gasteiger partial charge on any atom is 0.359 e. The van der Waals surface area contributed by atoms with Crippen molar-refractivity contribution in [2.24, 2.45) is 5.92 Å². The number of nitrogens with one attached hydrogen (secondary N) is 1. The number of nitrogens with zero attached hydrogens (tertiary/aromatic N) is 3. The summed E-state index contributed by atoms with van der Waals surface area (Å²) in [5.74, 6) is -0.918. The molecule has 1 N–H and O–H groups in total. The third kappa shape index (κ3) is 4.62. The van der Waals surface area contributed by atoms with Gasteiger partial charge in [0.2, 0.25) is 11.8 Å². The van der Waals surface area contributed by atoms with Gasteiger partial charge >= 0.3 is 5.97 Å². The molecule has 1 fully saturated rings. The molecule has 1 saturated heterocycles. The molecule has 2 amide bonds. The van der Waals surface area contributed by atoms with Gasteiger partial charge in [0.05, 0.1) is 12.5 Å². The first-order chi connectivity index (χ1) is 15.1. The highest BCUT2D eigenvalue weighted by Crippen LogP contribution is 2.26. The van der Waals surface area contributed by atoms with E-state index in [2.05, 4.69) is 22.5 Å². The molecule has 0 aliphatic carbocycles. The van der Waals surface area contributed by atoms with Gasteiger partial charge in [-0.3, -0.25) is 14.3 Å². The molecule has 8 nitrogen and oxygen atoms in total. The number of fused-ring (bicyclic) bond motifs is 1. The maximum atomic E-state index is 12.9. The topological polar surface area (TPSA) is 93.5 Å². The maximum absolute atomic E-state index is 12.9. The summed E-state index contributed by atoms with van der Waals surface area (Å²) in [7, 11) is 0. The van der Waals surface area contributed by atoms with Crippen molar-refractivity contribution in [3.05, 3.63) is 52.8 Å². The average Bonchev–Trinajstić information content (AvgIpc) is 3.38. The second-order valence-electron chi connectivity index (χ2n) is 8.02. The predicted octanol–water partition coefficient (Wildman–Crippen LogP) is 1.71. The Morgan fingerprint density at radius 1 is 1.26 bits per heavy atom. The Hall–Kier alpha value is -3.16. The summed E-state index contributed by atoms with van der Waals surface area (Å²) in [6, 6.07) is 10.3. The highest BCUT2D eigenvalue weighted by atomic mass is 16.5. The fourth-order valence-corrected chi connectivity index (χ4v) is 4.34. The van der Waals surface area contributed by atoms with Crippen LogP contribution in [0.1, 0.15) is 47.1 Å². The van der Waals surface area contributed by atoms with E-state index in [-0.39, 0.29) is 30.8 Å². The SMILES string of the molecule is CCOC(=O)c1nn(CCCc2ccccc2)c2c1CN(C(=O)C1CNC(=O)C1)CC2. The normalized spacial score (nSPS) is 17.9. The minimum Gasteiger partial charge on any atom is -0.461 e. The van der Waals surface area contributed by atoms with Gasteiger partial charge in [-0.15, -0.1) is 0 Å². The van der Waals surface area contributed by atoms with Crippen LogP contribution in [0.2, 0.25) is 0 Å². The summed E-state index contributed by atoms with van der Waals surface area (Å²) in [5.41, 5.74) is 3.34. The molecule has 1 atom stereocenters. The zero-order chi connectivity index (χ0) is 21.8. The van der Waals surface area contributed by atoms with Crippen LogP contribution >= 0.6 is 0 Å². The Balaban J connectivity index is 1.50. The molecule has 4 rings (SSSR count). The summed E-state index contributed by atoms with van der Waals surface area (Å²) in [5, 5.41) is 7.30. The Bertz CT molecular complexity index is 969. The van der Waals surface area contributed by atoms with Crippen LogP contribution in [0, 0.1) is 5.92 Å². The molecule has 2 aromatic rings. The largest absolute Gasteiger partial charge is 0.461 e. The van der Waals surface area contributed by atoms with Crippen LogP contribution in [0.3, 0.4) is 0 Å². The van der Waals surface area contributed by atoms with E-state index in [9.17, 15) is 14.4 Å². The molecule has 1 aromatic carbocycles. The highest BCUT2D eigenvalue weighted by molar-refractivity contribution is 5.91. The van der Waals surface area contributed by atoms with Gasteiger partial charge in [0.15, 0.2) is 5.69 Å². The second kappa shape index (κ2) is 9.32. The van der Waals surface area contributed by atoms with Gasteiger partial charge in [0.25, 0.3) is 0 Å². The minimum absolute atomic E-state index is 0.0457. The van der Waals surface area contributed by atoms with Gasteiger partial charge in [-0.05, 0) is 25.3 Å². The molecule has 0 spiro atoms. The highest BCUT2D eigenvalue weighted by Gasteiger charge is 2.35. The van der Waals surface area contributed by atoms with Crippen LogP contribution < -0.4 is 5.32 Å². The smallest absolute Gasteiger partial charge is 0.359 e. The lowest BCUT2D eigenvalue weighted by atomic mass is 10.0. The molecule has 31 heavy (non-hydrogen) atoms. The van der Waals surface area contributed by atoms with Crippen LogP contribution in [-0.2, 0) is 40.3 Å². The van der Waals surface area contributed by atoms with Gasteiger partial charge < -0.3 is 15.0 Å². The third-order valence-electron chi connectivity index (χ3n) is 5.92. The van der Waals surface area contributed by atoms with Crippen LogP contribution in [0.5, 0.6) is 0 Å². The summed E-state index contributed by atoms with van der Waals surface area (Å²) in [4.78, 5) is 38.7. The monoisotopic (exact) mass is 424 g/mol. The van der Waals surface area contributed by atoms with Crippen molar-refractivity contribution in [3.63, 3.8) is 0 Å². The van der Waals surface area contributed by atoms with E-state index in [1.807, 2.05) is 22.9 Å².